The number of likely N-dealkylation sites (tertiary alicyclic amines) is 1. The molecule has 0 bridgehead atoms. The van der Waals surface area contributed by atoms with Crippen LogP contribution < -0.4 is 5.32 Å². The Morgan fingerprint density at radius 3 is 2.78 bits per heavy atom. The third kappa shape index (κ3) is 3.73. The zero-order chi connectivity index (χ0) is 16.2. The molecule has 1 unspecified atom stereocenters. The first-order valence-electron chi connectivity index (χ1n) is 7.58. The van der Waals surface area contributed by atoms with Crippen molar-refractivity contribution in [1.82, 2.24) is 15.1 Å². The Bertz CT molecular complexity index is 701. The number of anilines is 1. The first-order chi connectivity index (χ1) is 11.1. The fourth-order valence-electron chi connectivity index (χ4n) is 2.75. The van der Waals surface area contributed by atoms with Crippen molar-refractivity contribution in [3.05, 3.63) is 40.9 Å². The Hall–Kier alpha value is -2.28. The third-order valence-corrected chi connectivity index (χ3v) is 4.58. The van der Waals surface area contributed by atoms with Crippen molar-refractivity contribution in [1.29, 1.82) is 0 Å². The highest BCUT2D eigenvalue weighted by atomic mass is 32.1. The van der Waals surface area contributed by atoms with Crippen LogP contribution in [0.5, 0.6) is 0 Å². The molecule has 1 aromatic heterocycles. The minimum Gasteiger partial charge on any atom is -0.330 e. The lowest BCUT2D eigenvalue weighted by molar-refractivity contribution is -0.136. The van der Waals surface area contributed by atoms with Crippen molar-refractivity contribution in [3.63, 3.8) is 0 Å². The van der Waals surface area contributed by atoms with Gasteiger partial charge < -0.3 is 4.90 Å². The normalized spacial score (nSPS) is 17.3. The minimum absolute atomic E-state index is 0.0118. The van der Waals surface area contributed by atoms with Crippen LogP contribution in [-0.4, -0.2) is 39.5 Å². The largest absolute Gasteiger partial charge is 0.330 e. The molecule has 1 aliphatic rings. The van der Waals surface area contributed by atoms with Crippen LogP contribution in [0.1, 0.15) is 23.4 Å². The van der Waals surface area contributed by atoms with E-state index in [-0.39, 0.29) is 11.8 Å². The second-order valence-electron chi connectivity index (χ2n) is 5.52. The van der Waals surface area contributed by atoms with Crippen LogP contribution in [-0.2, 0) is 16.0 Å². The van der Waals surface area contributed by atoms with Crippen LogP contribution in [0, 0.1) is 6.92 Å². The fraction of sp³-hybridized carbons (Fsp3) is 0.375. The number of aryl methyl sites for hydroxylation is 1. The van der Waals surface area contributed by atoms with Gasteiger partial charge in [-0.1, -0.05) is 41.7 Å². The molecule has 2 aromatic rings. The summed E-state index contributed by atoms with van der Waals surface area (Å²) in [5.74, 6) is -0.192. The summed E-state index contributed by atoms with van der Waals surface area (Å²) >= 11 is 1.33. The third-order valence-electron chi connectivity index (χ3n) is 3.83. The first kappa shape index (κ1) is 15.6. The van der Waals surface area contributed by atoms with Crippen LogP contribution in [0.2, 0.25) is 0 Å². The summed E-state index contributed by atoms with van der Waals surface area (Å²) in [5, 5.41) is 11.8. The average molecular weight is 330 g/mol. The highest BCUT2D eigenvalue weighted by Gasteiger charge is 2.34. The maximum atomic E-state index is 12.5. The topological polar surface area (TPSA) is 75.2 Å². The minimum atomic E-state index is -0.421. The van der Waals surface area contributed by atoms with E-state index >= 15 is 0 Å². The van der Waals surface area contributed by atoms with E-state index in [4.69, 9.17) is 0 Å². The molecule has 3 rings (SSSR count). The number of benzene rings is 1. The molecule has 0 radical (unpaired) electrons. The van der Waals surface area contributed by atoms with Crippen molar-refractivity contribution in [2.75, 3.05) is 11.9 Å². The number of nitrogens with zero attached hydrogens (tertiary/aromatic N) is 3. The Morgan fingerprint density at radius 2 is 2.09 bits per heavy atom. The molecular weight excluding hydrogens is 312 g/mol. The summed E-state index contributed by atoms with van der Waals surface area (Å²) in [5.41, 5.74) is 0.961. The van der Waals surface area contributed by atoms with E-state index in [2.05, 4.69) is 15.5 Å². The van der Waals surface area contributed by atoms with Gasteiger partial charge >= 0.3 is 0 Å². The molecule has 1 atom stereocenters. The number of hydrogen-bond acceptors (Lipinski definition) is 5. The Balaban J connectivity index is 1.64. The molecule has 0 aliphatic carbocycles. The summed E-state index contributed by atoms with van der Waals surface area (Å²) in [6.45, 7) is 2.46. The standard InChI is InChI=1S/C16H18N4O2S/c1-11-18-19-16(23-11)17-15(22)13-8-5-9-20(13)14(21)10-12-6-3-2-4-7-12/h2-4,6-7,13H,5,8-10H2,1H3,(H,17,19,22). The van der Waals surface area contributed by atoms with Crippen LogP contribution in [0.4, 0.5) is 5.13 Å². The lowest BCUT2D eigenvalue weighted by atomic mass is 10.1. The maximum absolute atomic E-state index is 12.5. The zero-order valence-electron chi connectivity index (χ0n) is 12.9. The van der Waals surface area contributed by atoms with Gasteiger partial charge in [0, 0.05) is 6.54 Å². The molecule has 1 saturated heterocycles. The monoisotopic (exact) mass is 330 g/mol. The molecule has 1 fully saturated rings. The lowest BCUT2D eigenvalue weighted by Crippen LogP contribution is -2.43. The molecule has 2 heterocycles. The molecular formula is C16H18N4O2S. The molecule has 6 nitrogen and oxygen atoms in total. The lowest BCUT2D eigenvalue weighted by Gasteiger charge is -2.23. The van der Waals surface area contributed by atoms with Gasteiger partial charge in [-0.2, -0.15) is 0 Å². The number of carbonyl (C=O) groups excluding carboxylic acids is 2. The van der Waals surface area contributed by atoms with E-state index in [1.807, 2.05) is 37.3 Å². The van der Waals surface area contributed by atoms with Crippen LogP contribution >= 0.6 is 11.3 Å². The Kier molecular flexibility index (Phi) is 4.66. The Morgan fingerprint density at radius 1 is 1.30 bits per heavy atom. The van der Waals surface area contributed by atoms with Gasteiger partial charge in [0.15, 0.2) is 0 Å². The van der Waals surface area contributed by atoms with Crippen molar-refractivity contribution >= 4 is 28.3 Å². The Labute approximate surface area is 138 Å². The number of rotatable bonds is 4. The van der Waals surface area contributed by atoms with Gasteiger partial charge in [0.1, 0.15) is 11.0 Å². The van der Waals surface area contributed by atoms with Crippen molar-refractivity contribution in [2.45, 2.75) is 32.2 Å². The van der Waals surface area contributed by atoms with Gasteiger partial charge in [0.25, 0.3) is 0 Å². The predicted octanol–water partition coefficient (Wildman–Crippen LogP) is 2.02. The predicted molar refractivity (Wildman–Crippen MR) is 88.2 cm³/mol. The molecule has 7 heteroatoms. The summed E-state index contributed by atoms with van der Waals surface area (Å²) < 4.78 is 0. The SMILES string of the molecule is Cc1nnc(NC(=O)C2CCCN2C(=O)Cc2ccccc2)s1. The number of nitrogens with one attached hydrogen (secondary N) is 1. The number of aromatic nitrogens is 2. The van der Waals surface area contributed by atoms with Crippen LogP contribution in [0.3, 0.4) is 0 Å². The molecule has 1 N–H and O–H groups in total. The van der Waals surface area contributed by atoms with Crippen LogP contribution in [0.15, 0.2) is 30.3 Å². The number of carbonyl (C=O) groups is 2. The quantitative estimate of drug-likeness (QED) is 0.930. The summed E-state index contributed by atoms with van der Waals surface area (Å²) in [6.07, 6.45) is 1.85. The summed E-state index contributed by atoms with van der Waals surface area (Å²) in [7, 11) is 0. The van der Waals surface area contributed by atoms with Gasteiger partial charge in [-0.25, -0.2) is 0 Å². The molecule has 2 amide bonds. The van der Waals surface area contributed by atoms with Gasteiger partial charge in [-0.05, 0) is 25.3 Å². The van der Waals surface area contributed by atoms with E-state index in [0.29, 0.717) is 24.5 Å². The van der Waals surface area contributed by atoms with E-state index in [1.165, 1.54) is 11.3 Å². The molecule has 0 spiro atoms. The van der Waals surface area contributed by atoms with Crippen LogP contribution in [0.25, 0.3) is 0 Å². The molecule has 23 heavy (non-hydrogen) atoms. The summed E-state index contributed by atoms with van der Waals surface area (Å²) in [6, 6.07) is 9.17. The molecule has 120 valence electrons. The molecule has 1 aliphatic heterocycles. The smallest absolute Gasteiger partial charge is 0.249 e. The number of amides is 2. The van der Waals surface area contributed by atoms with E-state index in [9.17, 15) is 9.59 Å². The van der Waals surface area contributed by atoms with Crippen molar-refractivity contribution < 1.29 is 9.59 Å². The van der Waals surface area contributed by atoms with E-state index in [1.54, 1.807) is 4.90 Å². The highest BCUT2D eigenvalue weighted by Crippen LogP contribution is 2.21. The fourth-order valence-corrected chi connectivity index (χ4v) is 3.34. The molecule has 1 aromatic carbocycles. The number of hydrogen-bond donors (Lipinski definition) is 1. The second kappa shape index (κ2) is 6.87. The van der Waals surface area contributed by atoms with Crippen molar-refractivity contribution in [2.24, 2.45) is 0 Å². The van der Waals surface area contributed by atoms with E-state index < -0.39 is 6.04 Å². The van der Waals surface area contributed by atoms with Gasteiger partial charge in [-0.15, -0.1) is 10.2 Å². The second-order valence-corrected chi connectivity index (χ2v) is 6.70. The van der Waals surface area contributed by atoms with Gasteiger partial charge in [0.05, 0.1) is 6.42 Å². The summed E-state index contributed by atoms with van der Waals surface area (Å²) in [4.78, 5) is 26.6. The highest BCUT2D eigenvalue weighted by molar-refractivity contribution is 7.15. The van der Waals surface area contributed by atoms with Gasteiger partial charge in [0.2, 0.25) is 16.9 Å². The van der Waals surface area contributed by atoms with Crippen molar-refractivity contribution in [3.8, 4) is 0 Å². The van der Waals surface area contributed by atoms with Gasteiger partial charge in [-0.3, -0.25) is 14.9 Å². The maximum Gasteiger partial charge on any atom is 0.249 e. The molecule has 0 saturated carbocycles. The zero-order valence-corrected chi connectivity index (χ0v) is 13.7. The first-order valence-corrected chi connectivity index (χ1v) is 8.39. The average Bonchev–Trinajstić information content (AvgIpc) is 3.17. The van der Waals surface area contributed by atoms with E-state index in [0.717, 1.165) is 17.0 Å².